The van der Waals surface area contributed by atoms with E-state index in [4.69, 9.17) is 0 Å². The summed E-state index contributed by atoms with van der Waals surface area (Å²) in [7, 11) is 0. The van der Waals surface area contributed by atoms with E-state index in [0.29, 0.717) is 0 Å². The van der Waals surface area contributed by atoms with Crippen LogP contribution in [0.25, 0.3) is 0 Å². The largest absolute Gasteiger partial charge is 0.375 e. The molecule has 1 heterocycles. The Balaban J connectivity index is 1.90. The van der Waals surface area contributed by atoms with Gasteiger partial charge in [0.2, 0.25) is 0 Å². The number of rotatable bonds is 1. The molecule has 1 saturated heterocycles. The first kappa shape index (κ1) is 8.15. The van der Waals surface area contributed by atoms with E-state index in [2.05, 4.69) is 11.0 Å². The summed E-state index contributed by atoms with van der Waals surface area (Å²) < 4.78 is 0. The normalized spacial score (nSPS) is 25.3. The van der Waals surface area contributed by atoms with E-state index < -0.39 is 0 Å². The number of allylic oxidation sites excluding steroid dienone is 2. The zero-order chi connectivity index (χ0) is 8.23. The van der Waals surface area contributed by atoms with E-state index in [0.717, 1.165) is 0 Å². The van der Waals surface area contributed by atoms with Crippen molar-refractivity contribution in [3.05, 3.63) is 11.8 Å². The minimum absolute atomic E-state index is 1.33. The molecular weight excluding hydrogens is 146 g/mol. The van der Waals surface area contributed by atoms with Crippen molar-refractivity contribution in [2.45, 2.75) is 44.9 Å². The highest BCUT2D eigenvalue weighted by molar-refractivity contribution is 5.04. The van der Waals surface area contributed by atoms with Gasteiger partial charge in [-0.15, -0.1) is 0 Å². The summed E-state index contributed by atoms with van der Waals surface area (Å²) in [6.45, 7) is 2.65. The van der Waals surface area contributed by atoms with Crippen LogP contribution in [0, 0.1) is 0 Å². The first-order chi connectivity index (χ1) is 5.97. The fourth-order valence-electron chi connectivity index (χ4n) is 2.07. The lowest BCUT2D eigenvalue weighted by atomic mass is 10.0. The Labute approximate surface area is 75.4 Å². The average molecular weight is 165 g/mol. The van der Waals surface area contributed by atoms with Gasteiger partial charge in [0.1, 0.15) is 0 Å². The van der Waals surface area contributed by atoms with Gasteiger partial charge in [-0.05, 0) is 32.1 Å². The maximum Gasteiger partial charge on any atom is 0.0191 e. The van der Waals surface area contributed by atoms with Crippen LogP contribution < -0.4 is 0 Å². The van der Waals surface area contributed by atoms with E-state index in [1.807, 2.05) is 0 Å². The van der Waals surface area contributed by atoms with Crippen molar-refractivity contribution >= 4 is 0 Å². The van der Waals surface area contributed by atoms with Gasteiger partial charge in [-0.1, -0.05) is 18.9 Å². The molecule has 0 spiro atoms. The van der Waals surface area contributed by atoms with E-state index in [1.54, 1.807) is 5.70 Å². The van der Waals surface area contributed by atoms with Crippen LogP contribution in [-0.2, 0) is 0 Å². The topological polar surface area (TPSA) is 3.24 Å². The van der Waals surface area contributed by atoms with Crippen LogP contribution in [0.15, 0.2) is 11.8 Å². The van der Waals surface area contributed by atoms with Gasteiger partial charge < -0.3 is 4.90 Å². The quantitative estimate of drug-likeness (QED) is 0.577. The fourth-order valence-corrected chi connectivity index (χ4v) is 2.07. The van der Waals surface area contributed by atoms with Gasteiger partial charge in [0.25, 0.3) is 0 Å². The molecule has 1 nitrogen and oxygen atoms in total. The minimum Gasteiger partial charge on any atom is -0.375 e. The molecule has 0 aromatic heterocycles. The molecule has 2 rings (SSSR count). The number of hydrogen-bond acceptors (Lipinski definition) is 1. The van der Waals surface area contributed by atoms with Crippen LogP contribution >= 0.6 is 0 Å². The maximum absolute atomic E-state index is 2.56. The summed E-state index contributed by atoms with van der Waals surface area (Å²) in [4.78, 5) is 2.56. The molecule has 0 unspecified atom stereocenters. The summed E-state index contributed by atoms with van der Waals surface area (Å²) >= 11 is 0. The van der Waals surface area contributed by atoms with Crippen LogP contribution in [0.3, 0.4) is 0 Å². The molecule has 68 valence electrons. The molecular formula is C11H19N. The number of nitrogens with zero attached hydrogens (tertiary/aromatic N) is 1. The summed E-state index contributed by atoms with van der Waals surface area (Å²) in [5, 5.41) is 0. The van der Waals surface area contributed by atoms with Crippen molar-refractivity contribution in [3.8, 4) is 0 Å². The molecule has 0 aromatic rings. The monoisotopic (exact) mass is 165 g/mol. The number of likely N-dealkylation sites (tertiary alicyclic amines) is 1. The molecule has 0 atom stereocenters. The standard InChI is InChI=1S/C11H19N/c1-2-4-7-11(8-5-3-1)12-9-6-10-12/h7H,1-6,8-10H2. The van der Waals surface area contributed by atoms with E-state index in [9.17, 15) is 0 Å². The van der Waals surface area contributed by atoms with Crippen molar-refractivity contribution in [2.75, 3.05) is 13.1 Å². The predicted molar refractivity (Wildman–Crippen MR) is 52.0 cm³/mol. The second kappa shape index (κ2) is 3.97. The third-order valence-corrected chi connectivity index (χ3v) is 3.03. The smallest absolute Gasteiger partial charge is 0.0191 e. The molecule has 12 heavy (non-hydrogen) atoms. The van der Waals surface area contributed by atoms with E-state index in [-0.39, 0.29) is 0 Å². The Morgan fingerprint density at radius 1 is 0.917 bits per heavy atom. The molecule has 1 heteroatoms. The van der Waals surface area contributed by atoms with Gasteiger partial charge in [0.05, 0.1) is 0 Å². The summed E-state index contributed by atoms with van der Waals surface area (Å²) in [6, 6.07) is 0. The maximum atomic E-state index is 2.56. The Bertz CT molecular complexity index is 168. The Hall–Kier alpha value is -0.460. The third-order valence-electron chi connectivity index (χ3n) is 3.03. The first-order valence-corrected chi connectivity index (χ1v) is 5.41. The third kappa shape index (κ3) is 1.82. The molecule has 0 saturated carbocycles. The molecule has 1 aliphatic heterocycles. The van der Waals surface area contributed by atoms with Gasteiger partial charge in [-0.3, -0.25) is 0 Å². The molecule has 1 fully saturated rings. The lowest BCUT2D eigenvalue weighted by Gasteiger charge is -2.36. The van der Waals surface area contributed by atoms with Crippen LogP contribution in [0.4, 0.5) is 0 Å². The average Bonchev–Trinajstić information content (AvgIpc) is 1.90. The van der Waals surface area contributed by atoms with Crippen LogP contribution in [0.1, 0.15) is 44.9 Å². The lowest BCUT2D eigenvalue weighted by Crippen LogP contribution is -2.36. The SMILES string of the molecule is C1=C(N2CCC2)CCCCCC1. The first-order valence-electron chi connectivity index (χ1n) is 5.41. The van der Waals surface area contributed by atoms with Crippen molar-refractivity contribution < 1.29 is 0 Å². The fraction of sp³-hybridized carbons (Fsp3) is 0.818. The zero-order valence-corrected chi connectivity index (χ0v) is 7.89. The summed E-state index contributed by atoms with van der Waals surface area (Å²) in [5.41, 5.74) is 1.65. The van der Waals surface area contributed by atoms with Crippen LogP contribution in [-0.4, -0.2) is 18.0 Å². The van der Waals surface area contributed by atoms with Gasteiger partial charge >= 0.3 is 0 Å². The van der Waals surface area contributed by atoms with Crippen LogP contribution in [0.5, 0.6) is 0 Å². The van der Waals surface area contributed by atoms with E-state index in [1.165, 1.54) is 58.0 Å². The van der Waals surface area contributed by atoms with E-state index >= 15 is 0 Å². The summed E-state index contributed by atoms with van der Waals surface area (Å²) in [5.74, 6) is 0. The second-order valence-electron chi connectivity index (χ2n) is 3.99. The molecule has 2 aliphatic rings. The van der Waals surface area contributed by atoms with Crippen molar-refractivity contribution in [1.29, 1.82) is 0 Å². The Morgan fingerprint density at radius 3 is 2.50 bits per heavy atom. The predicted octanol–water partition coefficient (Wildman–Crippen LogP) is 2.93. The lowest BCUT2D eigenvalue weighted by molar-refractivity contribution is 0.227. The second-order valence-corrected chi connectivity index (χ2v) is 3.99. The van der Waals surface area contributed by atoms with Gasteiger partial charge in [-0.25, -0.2) is 0 Å². The Morgan fingerprint density at radius 2 is 1.75 bits per heavy atom. The highest BCUT2D eigenvalue weighted by atomic mass is 15.2. The Kier molecular flexibility index (Phi) is 2.70. The molecule has 0 aromatic carbocycles. The molecule has 0 radical (unpaired) electrons. The van der Waals surface area contributed by atoms with Gasteiger partial charge in [-0.2, -0.15) is 0 Å². The van der Waals surface area contributed by atoms with Crippen molar-refractivity contribution in [1.82, 2.24) is 4.90 Å². The highest BCUT2D eigenvalue weighted by Gasteiger charge is 2.16. The number of hydrogen-bond donors (Lipinski definition) is 0. The van der Waals surface area contributed by atoms with Gasteiger partial charge in [0, 0.05) is 18.8 Å². The zero-order valence-electron chi connectivity index (χ0n) is 7.89. The van der Waals surface area contributed by atoms with Crippen LogP contribution in [0.2, 0.25) is 0 Å². The molecule has 0 bridgehead atoms. The van der Waals surface area contributed by atoms with Crippen molar-refractivity contribution in [2.24, 2.45) is 0 Å². The summed E-state index contributed by atoms with van der Waals surface area (Å²) in [6.07, 6.45) is 12.3. The minimum atomic E-state index is 1.33. The molecule has 0 N–H and O–H groups in total. The highest BCUT2D eigenvalue weighted by Crippen LogP contribution is 2.23. The van der Waals surface area contributed by atoms with Gasteiger partial charge in [0.15, 0.2) is 0 Å². The molecule has 1 aliphatic carbocycles. The van der Waals surface area contributed by atoms with Crippen molar-refractivity contribution in [3.63, 3.8) is 0 Å². The molecule has 0 amide bonds.